The number of para-hydroxylation sites is 1. The Balaban J connectivity index is 1.95. The van der Waals surface area contributed by atoms with Gasteiger partial charge in [0.1, 0.15) is 10.9 Å². The van der Waals surface area contributed by atoms with Crippen LogP contribution in [0.2, 0.25) is 0 Å². The standard InChI is InChI=1S/C16H15N5S/c1-2-8-18-16-19-9-7-12(21-16)11(10-17)15-20-13-5-3-4-6-14(13)22-15/h3-7,9,11H,2,8H2,1H3,(H,18,19,21). The monoisotopic (exact) mass is 309 g/mol. The van der Waals surface area contributed by atoms with Gasteiger partial charge in [-0.2, -0.15) is 5.26 Å². The molecule has 0 amide bonds. The summed E-state index contributed by atoms with van der Waals surface area (Å²) in [6.45, 7) is 2.89. The van der Waals surface area contributed by atoms with Crippen LogP contribution in [0, 0.1) is 11.3 Å². The summed E-state index contributed by atoms with van der Waals surface area (Å²) < 4.78 is 1.08. The second kappa shape index (κ2) is 6.50. The lowest BCUT2D eigenvalue weighted by atomic mass is 10.1. The van der Waals surface area contributed by atoms with Crippen LogP contribution >= 0.6 is 11.3 Å². The Morgan fingerprint density at radius 3 is 2.91 bits per heavy atom. The van der Waals surface area contributed by atoms with Crippen LogP contribution in [0.1, 0.15) is 30.0 Å². The minimum absolute atomic E-state index is 0.470. The molecule has 0 radical (unpaired) electrons. The maximum absolute atomic E-state index is 9.56. The fourth-order valence-electron chi connectivity index (χ4n) is 2.12. The van der Waals surface area contributed by atoms with Crippen LogP contribution in [0.5, 0.6) is 0 Å². The van der Waals surface area contributed by atoms with E-state index < -0.39 is 5.92 Å². The van der Waals surface area contributed by atoms with E-state index in [-0.39, 0.29) is 0 Å². The number of thiazole rings is 1. The van der Waals surface area contributed by atoms with Gasteiger partial charge in [-0.3, -0.25) is 0 Å². The number of hydrogen-bond donors (Lipinski definition) is 1. The number of hydrogen-bond acceptors (Lipinski definition) is 6. The van der Waals surface area contributed by atoms with Gasteiger partial charge in [0, 0.05) is 12.7 Å². The van der Waals surface area contributed by atoms with Gasteiger partial charge in [0.2, 0.25) is 5.95 Å². The first kappa shape index (κ1) is 14.4. The summed E-state index contributed by atoms with van der Waals surface area (Å²) in [5.41, 5.74) is 1.59. The van der Waals surface area contributed by atoms with Crippen molar-refractivity contribution in [2.75, 3.05) is 11.9 Å². The van der Waals surface area contributed by atoms with Crippen molar-refractivity contribution in [3.8, 4) is 6.07 Å². The normalized spacial score (nSPS) is 12.0. The summed E-state index contributed by atoms with van der Waals surface area (Å²) in [4.78, 5) is 13.2. The van der Waals surface area contributed by atoms with Crippen molar-refractivity contribution in [3.63, 3.8) is 0 Å². The Bertz CT molecular complexity index is 788. The SMILES string of the molecule is CCCNc1nccc(C(C#N)c2nc3ccccc3s2)n1. The van der Waals surface area contributed by atoms with Gasteiger partial charge in [0.15, 0.2) is 0 Å². The van der Waals surface area contributed by atoms with E-state index in [0.29, 0.717) is 11.6 Å². The highest BCUT2D eigenvalue weighted by Crippen LogP contribution is 2.30. The molecule has 0 spiro atoms. The average Bonchev–Trinajstić information content (AvgIpc) is 2.97. The Kier molecular flexibility index (Phi) is 4.26. The van der Waals surface area contributed by atoms with Gasteiger partial charge in [0.05, 0.1) is 22.0 Å². The highest BCUT2D eigenvalue weighted by molar-refractivity contribution is 7.18. The van der Waals surface area contributed by atoms with E-state index in [1.54, 1.807) is 12.3 Å². The van der Waals surface area contributed by atoms with Crippen molar-refractivity contribution in [2.45, 2.75) is 19.3 Å². The summed E-state index contributed by atoms with van der Waals surface area (Å²) in [5, 5.41) is 13.5. The zero-order valence-electron chi connectivity index (χ0n) is 12.2. The molecule has 0 fully saturated rings. The fourth-order valence-corrected chi connectivity index (χ4v) is 3.14. The minimum Gasteiger partial charge on any atom is -0.354 e. The lowest BCUT2D eigenvalue weighted by Gasteiger charge is -2.07. The first-order chi connectivity index (χ1) is 10.8. The summed E-state index contributed by atoms with van der Waals surface area (Å²) in [6.07, 6.45) is 2.67. The van der Waals surface area contributed by atoms with Gasteiger partial charge < -0.3 is 5.32 Å². The predicted octanol–water partition coefficient (Wildman–Crippen LogP) is 3.56. The van der Waals surface area contributed by atoms with Crippen LogP contribution < -0.4 is 5.32 Å². The first-order valence-electron chi connectivity index (χ1n) is 7.13. The van der Waals surface area contributed by atoms with E-state index in [9.17, 15) is 5.26 Å². The van der Waals surface area contributed by atoms with E-state index in [4.69, 9.17) is 0 Å². The van der Waals surface area contributed by atoms with Crippen LogP contribution in [0.15, 0.2) is 36.5 Å². The summed E-state index contributed by atoms with van der Waals surface area (Å²) in [6, 6.07) is 12.0. The van der Waals surface area contributed by atoms with Crippen LogP contribution in [0.3, 0.4) is 0 Å². The third-order valence-corrected chi connectivity index (χ3v) is 4.29. The number of fused-ring (bicyclic) bond motifs is 1. The van der Waals surface area contributed by atoms with Crippen molar-refractivity contribution in [3.05, 3.63) is 47.2 Å². The molecular weight excluding hydrogens is 294 g/mol. The molecule has 22 heavy (non-hydrogen) atoms. The molecule has 1 aromatic carbocycles. The minimum atomic E-state index is -0.470. The molecular formula is C16H15N5S. The van der Waals surface area contributed by atoms with Crippen LogP contribution in [-0.2, 0) is 0 Å². The highest BCUT2D eigenvalue weighted by Gasteiger charge is 2.20. The molecule has 0 aliphatic carbocycles. The molecule has 0 saturated heterocycles. The van der Waals surface area contributed by atoms with Gasteiger partial charge in [-0.15, -0.1) is 11.3 Å². The van der Waals surface area contributed by atoms with Gasteiger partial charge in [-0.25, -0.2) is 15.0 Å². The quantitative estimate of drug-likeness (QED) is 0.780. The zero-order valence-corrected chi connectivity index (χ0v) is 13.0. The molecule has 110 valence electrons. The molecule has 0 aliphatic heterocycles. The molecule has 0 saturated carbocycles. The Labute approximate surface area is 132 Å². The number of nitrogens with zero attached hydrogens (tertiary/aromatic N) is 4. The fraction of sp³-hybridized carbons (Fsp3) is 0.250. The number of aromatic nitrogens is 3. The van der Waals surface area contributed by atoms with Crippen LogP contribution in [-0.4, -0.2) is 21.5 Å². The molecule has 0 bridgehead atoms. The molecule has 0 aliphatic rings. The third-order valence-electron chi connectivity index (χ3n) is 3.19. The topological polar surface area (TPSA) is 74.5 Å². The van der Waals surface area contributed by atoms with E-state index in [0.717, 1.165) is 28.2 Å². The van der Waals surface area contributed by atoms with E-state index in [1.807, 2.05) is 24.3 Å². The predicted molar refractivity (Wildman–Crippen MR) is 87.9 cm³/mol. The van der Waals surface area contributed by atoms with Crippen molar-refractivity contribution >= 4 is 27.5 Å². The van der Waals surface area contributed by atoms with Gasteiger partial charge in [-0.05, 0) is 24.6 Å². The molecule has 2 heterocycles. The number of anilines is 1. The third kappa shape index (κ3) is 2.90. The van der Waals surface area contributed by atoms with Crippen molar-refractivity contribution < 1.29 is 0 Å². The summed E-state index contributed by atoms with van der Waals surface area (Å²) in [5.74, 6) is 0.0864. The Morgan fingerprint density at radius 2 is 2.14 bits per heavy atom. The van der Waals surface area contributed by atoms with E-state index in [1.165, 1.54) is 11.3 Å². The van der Waals surface area contributed by atoms with Crippen LogP contribution in [0.4, 0.5) is 5.95 Å². The van der Waals surface area contributed by atoms with Gasteiger partial charge in [-0.1, -0.05) is 19.1 Å². The highest BCUT2D eigenvalue weighted by atomic mass is 32.1. The number of nitrogens with one attached hydrogen (secondary N) is 1. The van der Waals surface area contributed by atoms with Gasteiger partial charge in [0.25, 0.3) is 0 Å². The molecule has 6 heteroatoms. The Morgan fingerprint density at radius 1 is 1.27 bits per heavy atom. The molecule has 1 atom stereocenters. The molecule has 5 nitrogen and oxygen atoms in total. The summed E-state index contributed by atoms with van der Waals surface area (Å²) >= 11 is 1.53. The Hall–Kier alpha value is -2.52. The smallest absolute Gasteiger partial charge is 0.222 e. The first-order valence-corrected chi connectivity index (χ1v) is 7.95. The maximum atomic E-state index is 9.56. The lowest BCUT2D eigenvalue weighted by Crippen LogP contribution is -2.08. The van der Waals surface area contributed by atoms with E-state index in [2.05, 4.69) is 33.3 Å². The second-order valence-electron chi connectivity index (χ2n) is 4.81. The number of nitriles is 1. The van der Waals surface area contributed by atoms with Crippen molar-refractivity contribution in [1.82, 2.24) is 15.0 Å². The number of benzene rings is 1. The van der Waals surface area contributed by atoms with E-state index >= 15 is 0 Å². The molecule has 1 N–H and O–H groups in total. The number of rotatable bonds is 5. The molecule has 3 aromatic rings. The van der Waals surface area contributed by atoms with Crippen LogP contribution in [0.25, 0.3) is 10.2 Å². The summed E-state index contributed by atoms with van der Waals surface area (Å²) in [7, 11) is 0. The van der Waals surface area contributed by atoms with Crippen molar-refractivity contribution in [1.29, 1.82) is 5.26 Å². The largest absolute Gasteiger partial charge is 0.354 e. The lowest BCUT2D eigenvalue weighted by molar-refractivity contribution is 0.908. The van der Waals surface area contributed by atoms with Crippen molar-refractivity contribution in [2.24, 2.45) is 0 Å². The zero-order chi connectivity index (χ0) is 15.4. The average molecular weight is 309 g/mol. The molecule has 1 unspecified atom stereocenters. The second-order valence-corrected chi connectivity index (χ2v) is 5.88. The van der Waals surface area contributed by atoms with Gasteiger partial charge >= 0.3 is 0 Å². The molecule has 3 rings (SSSR count). The molecule has 2 aromatic heterocycles. The maximum Gasteiger partial charge on any atom is 0.222 e.